The van der Waals surface area contributed by atoms with Crippen molar-refractivity contribution in [3.8, 4) is 11.8 Å². The number of hydrogen-bond acceptors (Lipinski definition) is 5. The predicted octanol–water partition coefficient (Wildman–Crippen LogP) is 5.12. The first-order valence-corrected chi connectivity index (χ1v) is 11.9. The summed E-state index contributed by atoms with van der Waals surface area (Å²) in [5.41, 5.74) is 2.74. The minimum atomic E-state index is -0.417. The van der Waals surface area contributed by atoms with E-state index >= 15 is 0 Å². The van der Waals surface area contributed by atoms with Crippen molar-refractivity contribution in [1.82, 2.24) is 5.32 Å². The number of benzene rings is 3. The van der Waals surface area contributed by atoms with Gasteiger partial charge in [-0.3, -0.25) is 9.59 Å². The summed E-state index contributed by atoms with van der Waals surface area (Å²) >= 11 is 1.09. The van der Waals surface area contributed by atoms with Crippen molar-refractivity contribution < 1.29 is 18.7 Å². The van der Waals surface area contributed by atoms with Crippen molar-refractivity contribution in [3.63, 3.8) is 0 Å². The summed E-state index contributed by atoms with van der Waals surface area (Å²) in [6, 6.07) is 24.8. The van der Waals surface area contributed by atoms with Crippen LogP contribution in [0.5, 0.6) is 5.75 Å². The van der Waals surface area contributed by atoms with Gasteiger partial charge in [0.05, 0.1) is 22.4 Å². The standard InChI is InChI=1S/C27H22FN3O3S/c28-20-8-10-21(11-9-20)30-26(33)17-35-27-24(15-29)23(14-25(32)31-27)19-6-12-22(13-7-19)34-16-18-4-2-1-3-5-18/h1-13,23H,14,16-17H2,(H,30,33)(H,31,32). The van der Waals surface area contributed by atoms with E-state index in [2.05, 4.69) is 16.7 Å². The van der Waals surface area contributed by atoms with Gasteiger partial charge in [-0.05, 0) is 47.5 Å². The number of carbonyl (C=O) groups is 2. The molecule has 0 bridgehead atoms. The molecule has 176 valence electrons. The van der Waals surface area contributed by atoms with Crippen LogP contribution >= 0.6 is 11.8 Å². The summed E-state index contributed by atoms with van der Waals surface area (Å²) in [6.45, 7) is 0.441. The van der Waals surface area contributed by atoms with E-state index in [4.69, 9.17) is 4.74 Å². The van der Waals surface area contributed by atoms with Crippen LogP contribution in [0.4, 0.5) is 10.1 Å². The molecule has 8 heteroatoms. The molecule has 2 N–H and O–H groups in total. The molecule has 0 spiro atoms. The Hall–Kier alpha value is -4.09. The number of amides is 2. The maximum absolute atomic E-state index is 13.0. The number of nitrogens with one attached hydrogen (secondary N) is 2. The second kappa shape index (κ2) is 11.4. The lowest BCUT2D eigenvalue weighted by Crippen LogP contribution is -2.31. The van der Waals surface area contributed by atoms with E-state index in [1.54, 1.807) is 0 Å². The van der Waals surface area contributed by atoms with Crippen molar-refractivity contribution >= 4 is 29.3 Å². The second-order valence-electron chi connectivity index (χ2n) is 7.85. The topological polar surface area (TPSA) is 91.2 Å². The Balaban J connectivity index is 1.42. The molecule has 0 radical (unpaired) electrons. The van der Waals surface area contributed by atoms with Crippen LogP contribution in [0.2, 0.25) is 0 Å². The Morgan fingerprint density at radius 3 is 2.49 bits per heavy atom. The van der Waals surface area contributed by atoms with Gasteiger partial charge in [-0.25, -0.2) is 4.39 Å². The van der Waals surface area contributed by atoms with Crippen LogP contribution in [0.25, 0.3) is 0 Å². The molecule has 1 atom stereocenters. The quantitative estimate of drug-likeness (QED) is 0.461. The number of ether oxygens (including phenoxy) is 1. The Labute approximate surface area is 206 Å². The normalized spacial score (nSPS) is 15.2. The van der Waals surface area contributed by atoms with Crippen LogP contribution < -0.4 is 15.4 Å². The number of rotatable bonds is 8. The van der Waals surface area contributed by atoms with Crippen LogP contribution in [-0.4, -0.2) is 17.6 Å². The molecule has 1 unspecified atom stereocenters. The number of nitriles is 1. The fourth-order valence-corrected chi connectivity index (χ4v) is 4.50. The Kier molecular flexibility index (Phi) is 7.81. The van der Waals surface area contributed by atoms with E-state index in [9.17, 15) is 19.2 Å². The molecule has 0 saturated heterocycles. The molecule has 0 aliphatic carbocycles. The van der Waals surface area contributed by atoms with E-state index in [0.717, 1.165) is 22.9 Å². The molecule has 0 aromatic heterocycles. The number of halogens is 1. The van der Waals surface area contributed by atoms with Crippen molar-refractivity contribution in [2.24, 2.45) is 0 Å². The first-order valence-electron chi connectivity index (χ1n) is 10.9. The summed E-state index contributed by atoms with van der Waals surface area (Å²) in [5, 5.41) is 15.6. The Bertz CT molecular complexity index is 1270. The lowest BCUT2D eigenvalue weighted by Gasteiger charge is -2.25. The van der Waals surface area contributed by atoms with E-state index in [1.807, 2.05) is 54.6 Å². The van der Waals surface area contributed by atoms with E-state index in [0.29, 0.717) is 28.6 Å². The Morgan fingerprint density at radius 1 is 1.09 bits per heavy atom. The molecule has 3 aromatic carbocycles. The third-order valence-electron chi connectivity index (χ3n) is 5.36. The highest BCUT2D eigenvalue weighted by molar-refractivity contribution is 8.03. The molecule has 1 heterocycles. The molecule has 1 aliphatic rings. The number of thioether (sulfide) groups is 1. The van der Waals surface area contributed by atoms with Crippen LogP contribution in [-0.2, 0) is 16.2 Å². The fourth-order valence-electron chi connectivity index (χ4n) is 3.62. The van der Waals surface area contributed by atoms with Gasteiger partial charge in [0.2, 0.25) is 11.8 Å². The maximum Gasteiger partial charge on any atom is 0.234 e. The maximum atomic E-state index is 13.0. The minimum absolute atomic E-state index is 0.0167. The van der Waals surface area contributed by atoms with Gasteiger partial charge in [-0.2, -0.15) is 5.26 Å². The van der Waals surface area contributed by atoms with Gasteiger partial charge >= 0.3 is 0 Å². The van der Waals surface area contributed by atoms with Gasteiger partial charge in [-0.1, -0.05) is 54.2 Å². The smallest absolute Gasteiger partial charge is 0.234 e. The second-order valence-corrected chi connectivity index (χ2v) is 8.83. The van der Waals surface area contributed by atoms with E-state index < -0.39 is 11.7 Å². The predicted molar refractivity (Wildman–Crippen MR) is 133 cm³/mol. The molecule has 4 rings (SSSR count). The highest BCUT2D eigenvalue weighted by Gasteiger charge is 2.30. The molecule has 0 saturated carbocycles. The largest absolute Gasteiger partial charge is 0.489 e. The number of anilines is 1. The van der Waals surface area contributed by atoms with Gasteiger partial charge in [0.25, 0.3) is 0 Å². The van der Waals surface area contributed by atoms with Crippen LogP contribution in [0.1, 0.15) is 23.5 Å². The first kappa shape index (κ1) is 24.0. The molecular weight excluding hydrogens is 465 g/mol. The van der Waals surface area contributed by atoms with Crippen LogP contribution in [0.3, 0.4) is 0 Å². The molecular formula is C27H22FN3O3S. The van der Waals surface area contributed by atoms with Crippen molar-refractivity contribution in [1.29, 1.82) is 5.26 Å². The summed E-state index contributed by atoms with van der Waals surface area (Å²) in [6.07, 6.45) is 0.138. The van der Waals surface area contributed by atoms with Gasteiger partial charge in [0.15, 0.2) is 0 Å². The van der Waals surface area contributed by atoms with Gasteiger partial charge in [0.1, 0.15) is 18.2 Å². The lowest BCUT2D eigenvalue weighted by atomic mass is 9.87. The van der Waals surface area contributed by atoms with Gasteiger partial charge < -0.3 is 15.4 Å². The number of allylic oxidation sites excluding steroid dienone is 1. The SMILES string of the molecule is N#CC1=C(SCC(=O)Nc2ccc(F)cc2)NC(=O)CC1c1ccc(OCc2ccccc2)cc1. The zero-order valence-corrected chi connectivity index (χ0v) is 19.5. The third kappa shape index (κ3) is 6.49. The zero-order valence-electron chi connectivity index (χ0n) is 18.7. The summed E-state index contributed by atoms with van der Waals surface area (Å²) in [4.78, 5) is 24.7. The minimum Gasteiger partial charge on any atom is -0.489 e. The van der Waals surface area contributed by atoms with Crippen molar-refractivity contribution in [2.45, 2.75) is 18.9 Å². The van der Waals surface area contributed by atoms with Crippen molar-refractivity contribution in [2.75, 3.05) is 11.1 Å². The Morgan fingerprint density at radius 2 is 1.80 bits per heavy atom. The fraction of sp³-hybridized carbons (Fsp3) is 0.148. The highest BCUT2D eigenvalue weighted by atomic mass is 32.2. The highest BCUT2D eigenvalue weighted by Crippen LogP contribution is 2.36. The third-order valence-corrected chi connectivity index (χ3v) is 6.38. The van der Waals surface area contributed by atoms with E-state index in [1.165, 1.54) is 24.3 Å². The summed E-state index contributed by atoms with van der Waals surface area (Å²) < 4.78 is 18.9. The lowest BCUT2D eigenvalue weighted by molar-refractivity contribution is -0.121. The summed E-state index contributed by atoms with van der Waals surface area (Å²) in [7, 11) is 0. The molecule has 1 aliphatic heterocycles. The number of nitrogens with zero attached hydrogens (tertiary/aromatic N) is 1. The molecule has 6 nitrogen and oxygen atoms in total. The van der Waals surface area contributed by atoms with Crippen molar-refractivity contribution in [3.05, 3.63) is 106 Å². The number of hydrogen-bond donors (Lipinski definition) is 2. The van der Waals surface area contributed by atoms with E-state index in [-0.39, 0.29) is 24.0 Å². The first-order chi connectivity index (χ1) is 17.0. The van der Waals surface area contributed by atoms with Gasteiger partial charge in [-0.15, -0.1) is 0 Å². The monoisotopic (exact) mass is 487 g/mol. The molecule has 3 aromatic rings. The zero-order chi connectivity index (χ0) is 24.6. The molecule has 0 fully saturated rings. The average molecular weight is 488 g/mol. The average Bonchev–Trinajstić information content (AvgIpc) is 2.88. The van der Waals surface area contributed by atoms with Gasteiger partial charge in [0, 0.05) is 18.0 Å². The molecule has 35 heavy (non-hydrogen) atoms. The summed E-state index contributed by atoms with van der Waals surface area (Å²) in [5.74, 6) is -0.695. The van der Waals surface area contributed by atoms with Crippen LogP contribution in [0.15, 0.2) is 89.5 Å². The molecule has 2 amide bonds. The van der Waals surface area contributed by atoms with Crippen LogP contribution in [0, 0.1) is 17.1 Å². The number of carbonyl (C=O) groups excluding carboxylic acids is 2.